The minimum Gasteiger partial charge on any atom is -0.478 e. The Bertz CT molecular complexity index is 439. The Morgan fingerprint density at radius 1 is 1.47 bits per heavy atom. The molecule has 0 aliphatic carbocycles. The van der Waals surface area contributed by atoms with E-state index in [-0.39, 0.29) is 5.56 Å². The fraction of sp³-hybridized carbons (Fsp3) is 0.462. The van der Waals surface area contributed by atoms with Gasteiger partial charge in [0, 0.05) is 18.8 Å². The molecule has 17 heavy (non-hydrogen) atoms. The average Bonchev–Trinajstić information content (AvgIpc) is 2.13. The van der Waals surface area contributed by atoms with E-state index in [0.717, 1.165) is 18.8 Å². The van der Waals surface area contributed by atoms with Gasteiger partial charge in [-0.15, -0.1) is 0 Å². The molecule has 0 unspecified atom stereocenters. The fourth-order valence-corrected chi connectivity index (χ4v) is 2.02. The van der Waals surface area contributed by atoms with Gasteiger partial charge in [-0.25, -0.2) is 9.18 Å². The maximum Gasteiger partial charge on any atom is 0.338 e. The summed E-state index contributed by atoms with van der Waals surface area (Å²) in [5, 5.41) is 8.73. The number of halogens is 1. The van der Waals surface area contributed by atoms with Crippen molar-refractivity contribution in [2.24, 2.45) is 11.8 Å². The third-order valence-corrected chi connectivity index (χ3v) is 3.40. The van der Waals surface area contributed by atoms with Crippen LogP contribution in [0.1, 0.15) is 24.2 Å². The number of carbonyl (C=O) groups is 1. The standard InChI is InChI=1S/C13H16FNO2/c1-8(2)9-6-15(7-9)10-3-4-11(13(16)17)12(14)5-10/h3-5,8-9H,6-7H2,1-2H3,(H,16,17). The lowest BCUT2D eigenvalue weighted by Gasteiger charge is -2.43. The van der Waals surface area contributed by atoms with E-state index < -0.39 is 11.8 Å². The van der Waals surface area contributed by atoms with Gasteiger partial charge in [-0.05, 0) is 30.0 Å². The monoisotopic (exact) mass is 237 g/mol. The van der Waals surface area contributed by atoms with Crippen LogP contribution in [0.2, 0.25) is 0 Å². The van der Waals surface area contributed by atoms with Crippen molar-refractivity contribution >= 4 is 11.7 Å². The molecule has 1 heterocycles. The lowest BCUT2D eigenvalue weighted by Crippen LogP contribution is -2.49. The fourth-order valence-electron chi connectivity index (χ4n) is 2.02. The molecule has 92 valence electrons. The summed E-state index contributed by atoms with van der Waals surface area (Å²) < 4.78 is 13.5. The van der Waals surface area contributed by atoms with E-state index in [1.165, 1.54) is 12.1 Å². The summed E-state index contributed by atoms with van der Waals surface area (Å²) in [6.45, 7) is 6.19. The molecule has 1 aromatic carbocycles. The highest BCUT2D eigenvalue weighted by atomic mass is 19.1. The van der Waals surface area contributed by atoms with Crippen molar-refractivity contribution in [3.63, 3.8) is 0 Å². The lowest BCUT2D eigenvalue weighted by molar-refractivity contribution is 0.0692. The van der Waals surface area contributed by atoms with Crippen LogP contribution in [0.4, 0.5) is 10.1 Å². The quantitative estimate of drug-likeness (QED) is 0.878. The molecule has 1 fully saturated rings. The molecule has 1 aromatic rings. The van der Waals surface area contributed by atoms with Crippen LogP contribution < -0.4 is 4.90 Å². The summed E-state index contributed by atoms with van der Waals surface area (Å²) in [4.78, 5) is 12.7. The van der Waals surface area contributed by atoms with Crippen LogP contribution in [0.25, 0.3) is 0 Å². The van der Waals surface area contributed by atoms with Gasteiger partial charge in [0.15, 0.2) is 0 Å². The number of anilines is 1. The summed E-state index contributed by atoms with van der Waals surface area (Å²) >= 11 is 0. The number of carboxylic acid groups (broad SMARTS) is 1. The van der Waals surface area contributed by atoms with E-state index in [2.05, 4.69) is 18.7 Å². The van der Waals surface area contributed by atoms with Crippen LogP contribution in [0.15, 0.2) is 18.2 Å². The number of nitrogens with zero attached hydrogens (tertiary/aromatic N) is 1. The second kappa shape index (κ2) is 4.35. The Morgan fingerprint density at radius 3 is 2.59 bits per heavy atom. The van der Waals surface area contributed by atoms with Crippen molar-refractivity contribution in [1.82, 2.24) is 0 Å². The van der Waals surface area contributed by atoms with Crippen LogP contribution in [-0.2, 0) is 0 Å². The molecule has 1 aliphatic rings. The molecular weight excluding hydrogens is 221 g/mol. The number of aromatic carboxylic acids is 1. The molecule has 0 aromatic heterocycles. The number of hydrogen-bond donors (Lipinski definition) is 1. The van der Waals surface area contributed by atoms with Gasteiger partial charge in [0.05, 0.1) is 5.56 Å². The summed E-state index contributed by atoms with van der Waals surface area (Å²) in [6.07, 6.45) is 0. The lowest BCUT2D eigenvalue weighted by atomic mass is 9.88. The molecule has 0 bridgehead atoms. The predicted molar refractivity (Wildman–Crippen MR) is 63.9 cm³/mol. The van der Waals surface area contributed by atoms with Crippen LogP contribution in [-0.4, -0.2) is 24.2 Å². The van der Waals surface area contributed by atoms with Crippen molar-refractivity contribution in [2.75, 3.05) is 18.0 Å². The zero-order valence-electron chi connectivity index (χ0n) is 9.98. The highest BCUT2D eigenvalue weighted by molar-refractivity contribution is 5.88. The molecular formula is C13H16FNO2. The Balaban J connectivity index is 2.10. The van der Waals surface area contributed by atoms with Gasteiger partial charge in [0.1, 0.15) is 5.82 Å². The first kappa shape index (κ1) is 11.9. The Labute approximate surface area is 99.9 Å². The van der Waals surface area contributed by atoms with Gasteiger partial charge in [-0.2, -0.15) is 0 Å². The molecule has 1 saturated heterocycles. The van der Waals surface area contributed by atoms with Crippen molar-refractivity contribution in [1.29, 1.82) is 0 Å². The normalized spacial score (nSPS) is 16.1. The first-order valence-electron chi connectivity index (χ1n) is 5.77. The second-order valence-corrected chi connectivity index (χ2v) is 4.88. The zero-order valence-corrected chi connectivity index (χ0v) is 9.98. The molecule has 0 atom stereocenters. The van der Waals surface area contributed by atoms with Gasteiger partial charge in [0.2, 0.25) is 0 Å². The van der Waals surface area contributed by atoms with E-state index in [4.69, 9.17) is 5.11 Å². The molecule has 1 aliphatic heterocycles. The molecule has 3 nitrogen and oxygen atoms in total. The highest BCUT2D eigenvalue weighted by Crippen LogP contribution is 2.29. The van der Waals surface area contributed by atoms with Crippen LogP contribution in [0.3, 0.4) is 0 Å². The largest absolute Gasteiger partial charge is 0.478 e. The van der Waals surface area contributed by atoms with Gasteiger partial charge < -0.3 is 10.0 Å². The number of benzene rings is 1. The number of carboxylic acids is 1. The molecule has 0 spiro atoms. The Hall–Kier alpha value is -1.58. The minimum atomic E-state index is -1.22. The highest BCUT2D eigenvalue weighted by Gasteiger charge is 2.29. The summed E-state index contributed by atoms with van der Waals surface area (Å²) in [7, 11) is 0. The SMILES string of the molecule is CC(C)C1CN(c2ccc(C(=O)O)c(F)c2)C1. The number of hydrogen-bond acceptors (Lipinski definition) is 2. The number of rotatable bonds is 3. The Morgan fingerprint density at radius 2 is 2.12 bits per heavy atom. The van der Waals surface area contributed by atoms with Crippen molar-refractivity contribution in [2.45, 2.75) is 13.8 Å². The van der Waals surface area contributed by atoms with Crippen molar-refractivity contribution in [3.05, 3.63) is 29.6 Å². The van der Waals surface area contributed by atoms with E-state index in [1.54, 1.807) is 6.07 Å². The summed E-state index contributed by atoms with van der Waals surface area (Å²) in [5.74, 6) is -0.604. The van der Waals surface area contributed by atoms with Gasteiger partial charge in [-0.1, -0.05) is 13.8 Å². The maximum atomic E-state index is 13.5. The summed E-state index contributed by atoms with van der Waals surface area (Å²) in [5.41, 5.74) is 0.499. The first-order chi connectivity index (χ1) is 7.99. The van der Waals surface area contributed by atoms with Crippen LogP contribution in [0.5, 0.6) is 0 Å². The smallest absolute Gasteiger partial charge is 0.338 e. The van der Waals surface area contributed by atoms with Crippen molar-refractivity contribution in [3.8, 4) is 0 Å². The van der Waals surface area contributed by atoms with Gasteiger partial charge >= 0.3 is 5.97 Å². The molecule has 0 saturated carbocycles. The third kappa shape index (κ3) is 2.25. The minimum absolute atomic E-state index is 0.269. The maximum absolute atomic E-state index is 13.5. The van der Waals surface area contributed by atoms with Gasteiger partial charge in [-0.3, -0.25) is 0 Å². The molecule has 2 rings (SSSR count). The van der Waals surface area contributed by atoms with E-state index in [9.17, 15) is 9.18 Å². The molecule has 4 heteroatoms. The first-order valence-corrected chi connectivity index (χ1v) is 5.77. The van der Waals surface area contributed by atoms with Crippen molar-refractivity contribution < 1.29 is 14.3 Å². The molecule has 0 amide bonds. The molecule has 1 N–H and O–H groups in total. The van der Waals surface area contributed by atoms with E-state index in [0.29, 0.717) is 11.8 Å². The molecule has 0 radical (unpaired) electrons. The predicted octanol–water partition coefficient (Wildman–Crippen LogP) is 2.62. The second-order valence-electron chi connectivity index (χ2n) is 4.88. The van der Waals surface area contributed by atoms with E-state index >= 15 is 0 Å². The Kier molecular flexibility index (Phi) is 3.05. The van der Waals surface area contributed by atoms with Crippen LogP contribution >= 0.6 is 0 Å². The summed E-state index contributed by atoms with van der Waals surface area (Å²) in [6, 6.07) is 4.30. The van der Waals surface area contributed by atoms with Crippen LogP contribution in [0, 0.1) is 17.7 Å². The zero-order chi connectivity index (χ0) is 12.6. The topological polar surface area (TPSA) is 40.5 Å². The van der Waals surface area contributed by atoms with Gasteiger partial charge in [0.25, 0.3) is 0 Å². The third-order valence-electron chi connectivity index (χ3n) is 3.40. The average molecular weight is 237 g/mol. The van der Waals surface area contributed by atoms with E-state index in [1.807, 2.05) is 0 Å².